The molecule has 106 valence electrons. The van der Waals surface area contributed by atoms with Gasteiger partial charge in [0, 0.05) is 10.0 Å². The first-order valence-corrected chi connectivity index (χ1v) is 6.67. The van der Waals surface area contributed by atoms with Gasteiger partial charge in [-0.25, -0.2) is 13.9 Å². The van der Waals surface area contributed by atoms with Crippen molar-refractivity contribution >= 4 is 21.9 Å². The number of hydrogen-bond acceptors (Lipinski definition) is 4. The molecule has 1 unspecified atom stereocenters. The van der Waals surface area contributed by atoms with Gasteiger partial charge in [0.1, 0.15) is 5.82 Å². The number of benzene rings is 1. The third-order valence-corrected chi connectivity index (χ3v) is 3.91. The fraction of sp³-hybridized carbons (Fsp3) is 0.333. The number of halogens is 2. The smallest absolute Gasteiger partial charge is 0.331 e. The monoisotopic (exact) mass is 342 g/mol. The second-order valence-corrected chi connectivity index (χ2v) is 5.33. The van der Waals surface area contributed by atoms with Gasteiger partial charge in [0.2, 0.25) is 0 Å². The Morgan fingerprint density at radius 3 is 2.80 bits per heavy atom. The van der Waals surface area contributed by atoms with Crippen LogP contribution in [0.15, 0.2) is 22.7 Å². The summed E-state index contributed by atoms with van der Waals surface area (Å²) in [6, 6.07) is 4.04. The van der Waals surface area contributed by atoms with Crippen molar-refractivity contribution in [2.75, 3.05) is 0 Å². The first kappa shape index (κ1) is 14.6. The van der Waals surface area contributed by atoms with Gasteiger partial charge in [-0.2, -0.15) is 0 Å². The van der Waals surface area contributed by atoms with Gasteiger partial charge in [-0.05, 0) is 57.9 Å². The highest BCUT2D eigenvalue weighted by Crippen LogP contribution is 2.31. The van der Waals surface area contributed by atoms with Gasteiger partial charge in [0.15, 0.2) is 11.4 Å². The van der Waals surface area contributed by atoms with Crippen molar-refractivity contribution in [2.45, 2.75) is 25.8 Å². The molecule has 1 heterocycles. The zero-order chi connectivity index (χ0) is 14.9. The number of carboxylic acid groups (broad SMARTS) is 1. The van der Waals surface area contributed by atoms with E-state index in [0.29, 0.717) is 16.5 Å². The van der Waals surface area contributed by atoms with Crippen molar-refractivity contribution < 1.29 is 14.3 Å². The molecule has 2 aromatic rings. The number of aliphatic carboxylic acids is 1. The molecular formula is C12H12BrFN4O2. The molecule has 1 aromatic heterocycles. The van der Waals surface area contributed by atoms with Gasteiger partial charge in [-0.3, -0.25) is 0 Å². The summed E-state index contributed by atoms with van der Waals surface area (Å²) in [5, 5.41) is 20.6. The largest absolute Gasteiger partial charge is 0.479 e. The molecule has 6 nitrogen and oxygen atoms in total. The van der Waals surface area contributed by atoms with Crippen LogP contribution in [0.25, 0.3) is 11.4 Å². The van der Waals surface area contributed by atoms with Crippen molar-refractivity contribution in [3.8, 4) is 11.4 Å². The second kappa shape index (κ2) is 5.28. The molecule has 0 saturated carbocycles. The Bertz CT molecular complexity index is 661. The van der Waals surface area contributed by atoms with Crippen LogP contribution in [0.4, 0.5) is 4.39 Å². The first-order chi connectivity index (χ1) is 9.40. The molecule has 8 heteroatoms. The summed E-state index contributed by atoms with van der Waals surface area (Å²) in [6.07, 6.45) is 0.305. The lowest BCUT2D eigenvalue weighted by atomic mass is 9.99. The third kappa shape index (κ3) is 2.31. The van der Waals surface area contributed by atoms with E-state index in [4.69, 9.17) is 0 Å². The maximum absolute atomic E-state index is 13.1. The molecule has 0 radical (unpaired) electrons. The Labute approximate surface area is 122 Å². The molecule has 1 N–H and O–H groups in total. The van der Waals surface area contributed by atoms with Crippen LogP contribution in [-0.2, 0) is 10.3 Å². The highest BCUT2D eigenvalue weighted by Gasteiger charge is 2.37. The van der Waals surface area contributed by atoms with Crippen molar-refractivity contribution in [1.82, 2.24) is 20.2 Å². The maximum Gasteiger partial charge on any atom is 0.331 e. The molecular weight excluding hydrogens is 331 g/mol. The highest BCUT2D eigenvalue weighted by atomic mass is 79.9. The van der Waals surface area contributed by atoms with Gasteiger partial charge in [-0.15, -0.1) is 5.10 Å². The number of hydrogen-bond donors (Lipinski definition) is 1. The Kier molecular flexibility index (Phi) is 3.85. The van der Waals surface area contributed by atoms with Crippen LogP contribution >= 0.6 is 15.9 Å². The van der Waals surface area contributed by atoms with Crippen LogP contribution in [-0.4, -0.2) is 31.3 Å². The molecule has 1 atom stereocenters. The minimum Gasteiger partial charge on any atom is -0.479 e. The Morgan fingerprint density at radius 2 is 2.25 bits per heavy atom. The summed E-state index contributed by atoms with van der Waals surface area (Å²) in [5.74, 6) is -1.17. The van der Waals surface area contributed by atoms with E-state index in [1.54, 1.807) is 6.92 Å². The van der Waals surface area contributed by atoms with Crippen molar-refractivity contribution in [1.29, 1.82) is 0 Å². The molecule has 0 aliphatic carbocycles. The number of rotatable bonds is 4. The maximum atomic E-state index is 13.1. The van der Waals surface area contributed by atoms with Gasteiger partial charge in [-0.1, -0.05) is 6.92 Å². The topological polar surface area (TPSA) is 80.9 Å². The minimum atomic E-state index is -1.27. The fourth-order valence-corrected chi connectivity index (χ4v) is 2.28. The summed E-state index contributed by atoms with van der Waals surface area (Å²) in [7, 11) is 0. The predicted octanol–water partition coefficient (Wildman–Crippen LogP) is 2.45. The van der Waals surface area contributed by atoms with Crippen molar-refractivity contribution in [3.05, 3.63) is 28.5 Å². The van der Waals surface area contributed by atoms with E-state index < -0.39 is 17.3 Å². The van der Waals surface area contributed by atoms with Crippen LogP contribution in [0.2, 0.25) is 0 Å². The zero-order valence-electron chi connectivity index (χ0n) is 10.8. The van der Waals surface area contributed by atoms with E-state index >= 15 is 0 Å². The van der Waals surface area contributed by atoms with Gasteiger partial charge in [0.25, 0.3) is 0 Å². The lowest BCUT2D eigenvalue weighted by molar-refractivity contribution is -0.147. The highest BCUT2D eigenvalue weighted by molar-refractivity contribution is 9.10. The molecule has 0 spiro atoms. The lowest BCUT2D eigenvalue weighted by Crippen LogP contribution is -2.39. The van der Waals surface area contributed by atoms with E-state index in [1.807, 2.05) is 0 Å². The molecule has 2 rings (SSSR count). The summed E-state index contributed by atoms with van der Waals surface area (Å²) < 4.78 is 14.8. The van der Waals surface area contributed by atoms with Crippen LogP contribution in [0.5, 0.6) is 0 Å². The molecule has 0 saturated heterocycles. The number of carbonyl (C=O) groups is 1. The second-order valence-electron chi connectivity index (χ2n) is 4.47. The van der Waals surface area contributed by atoms with Crippen LogP contribution in [0.3, 0.4) is 0 Å². The Hall–Kier alpha value is -1.83. The summed E-state index contributed by atoms with van der Waals surface area (Å²) in [5.41, 5.74) is -0.746. The number of aromatic nitrogens is 4. The summed E-state index contributed by atoms with van der Waals surface area (Å²) in [6.45, 7) is 3.27. The quantitative estimate of drug-likeness (QED) is 0.922. The van der Waals surface area contributed by atoms with E-state index in [1.165, 1.54) is 29.8 Å². The lowest BCUT2D eigenvalue weighted by Gasteiger charge is -2.24. The van der Waals surface area contributed by atoms with E-state index in [-0.39, 0.29) is 5.82 Å². The average molecular weight is 343 g/mol. The van der Waals surface area contributed by atoms with E-state index in [2.05, 4.69) is 31.5 Å². The van der Waals surface area contributed by atoms with Crippen LogP contribution in [0, 0.1) is 5.82 Å². The normalized spacial score (nSPS) is 14.0. The molecule has 0 aliphatic rings. The molecule has 0 amide bonds. The number of nitrogens with zero attached hydrogens (tertiary/aromatic N) is 4. The fourth-order valence-electron chi connectivity index (χ4n) is 1.75. The SMILES string of the molecule is CCC(C)(C(=O)O)n1nnnc1-c1ccc(F)cc1Br. The first-order valence-electron chi connectivity index (χ1n) is 5.88. The number of carboxylic acids is 1. The average Bonchev–Trinajstić information content (AvgIpc) is 2.87. The zero-order valence-corrected chi connectivity index (χ0v) is 12.4. The molecule has 0 bridgehead atoms. The Morgan fingerprint density at radius 1 is 1.55 bits per heavy atom. The molecule has 0 aliphatic heterocycles. The van der Waals surface area contributed by atoms with Gasteiger partial charge in [0.05, 0.1) is 0 Å². The standard InChI is InChI=1S/C12H12BrFN4O2/c1-3-12(2,11(19)20)18-10(15-16-17-18)8-5-4-7(14)6-9(8)13/h4-6H,3H2,1-2H3,(H,19,20). The summed E-state index contributed by atoms with van der Waals surface area (Å²) >= 11 is 3.23. The Balaban J connectivity index is 2.61. The van der Waals surface area contributed by atoms with Gasteiger partial charge < -0.3 is 5.11 Å². The van der Waals surface area contributed by atoms with Gasteiger partial charge >= 0.3 is 5.97 Å². The number of tetrazole rings is 1. The predicted molar refractivity (Wildman–Crippen MR) is 72.5 cm³/mol. The minimum absolute atomic E-state index is 0.267. The van der Waals surface area contributed by atoms with E-state index in [0.717, 1.165) is 0 Å². The van der Waals surface area contributed by atoms with Crippen LogP contribution in [0.1, 0.15) is 20.3 Å². The van der Waals surface area contributed by atoms with Crippen LogP contribution < -0.4 is 0 Å². The molecule has 0 fully saturated rings. The van der Waals surface area contributed by atoms with E-state index in [9.17, 15) is 14.3 Å². The third-order valence-electron chi connectivity index (χ3n) is 3.26. The molecule has 20 heavy (non-hydrogen) atoms. The molecule has 1 aromatic carbocycles. The summed E-state index contributed by atoms with van der Waals surface area (Å²) in [4.78, 5) is 11.5. The van der Waals surface area contributed by atoms with Crippen molar-refractivity contribution in [2.24, 2.45) is 0 Å². The van der Waals surface area contributed by atoms with Crippen molar-refractivity contribution in [3.63, 3.8) is 0 Å².